The van der Waals surface area contributed by atoms with Crippen LogP contribution in [0.4, 0.5) is 10.1 Å². The summed E-state index contributed by atoms with van der Waals surface area (Å²) in [6, 6.07) is 12.6. The number of fused-ring (bicyclic) bond motifs is 1. The van der Waals surface area contributed by atoms with Crippen LogP contribution in [0.25, 0.3) is 0 Å². The zero-order valence-electron chi connectivity index (χ0n) is 10.7. The predicted octanol–water partition coefficient (Wildman–Crippen LogP) is 3.41. The van der Waals surface area contributed by atoms with E-state index in [2.05, 4.69) is 12.1 Å². The number of halogens is 1. The third kappa shape index (κ3) is 2.60. The van der Waals surface area contributed by atoms with E-state index in [0.29, 0.717) is 10.6 Å². The summed E-state index contributed by atoms with van der Waals surface area (Å²) < 4.78 is 25.8. The summed E-state index contributed by atoms with van der Waals surface area (Å²) in [5.74, 6) is 1.21. The topological polar surface area (TPSA) is 43.1 Å². The molecule has 2 atom stereocenters. The van der Waals surface area contributed by atoms with Gasteiger partial charge in [-0.3, -0.25) is 4.21 Å². The summed E-state index contributed by atoms with van der Waals surface area (Å²) in [4.78, 5) is 1.77. The molecule has 0 saturated carbocycles. The minimum Gasteiger partial charge on any atom is -0.396 e. The summed E-state index contributed by atoms with van der Waals surface area (Å²) in [5, 5.41) is 0. The van der Waals surface area contributed by atoms with Gasteiger partial charge in [0.05, 0.1) is 16.5 Å². The molecule has 104 valence electrons. The number of nitrogens with two attached hydrogens (primary N) is 1. The average molecular weight is 307 g/mol. The maximum atomic E-state index is 13.4. The Kier molecular flexibility index (Phi) is 3.81. The van der Waals surface area contributed by atoms with Gasteiger partial charge in [-0.25, -0.2) is 4.39 Å². The Hall–Kier alpha value is -1.33. The second kappa shape index (κ2) is 5.58. The first kappa shape index (κ1) is 13.6. The molecule has 0 saturated heterocycles. The van der Waals surface area contributed by atoms with Gasteiger partial charge in [-0.15, -0.1) is 11.8 Å². The zero-order valence-corrected chi connectivity index (χ0v) is 12.3. The summed E-state index contributed by atoms with van der Waals surface area (Å²) in [6.45, 7) is 0. The molecule has 20 heavy (non-hydrogen) atoms. The second-order valence-corrected chi connectivity index (χ2v) is 7.30. The Bertz CT molecular complexity index is 675. The smallest absolute Gasteiger partial charge is 0.147 e. The van der Waals surface area contributed by atoms with Crippen molar-refractivity contribution in [3.05, 3.63) is 53.8 Å². The number of benzene rings is 2. The molecule has 0 fully saturated rings. The first-order valence-corrected chi connectivity index (χ1v) is 8.61. The van der Waals surface area contributed by atoms with Crippen LogP contribution in [0, 0.1) is 5.82 Å². The highest BCUT2D eigenvalue weighted by Crippen LogP contribution is 2.40. The van der Waals surface area contributed by atoms with Crippen molar-refractivity contribution in [2.24, 2.45) is 0 Å². The molecule has 1 aliphatic heterocycles. The molecule has 2 aromatic carbocycles. The van der Waals surface area contributed by atoms with Gasteiger partial charge in [0.15, 0.2) is 0 Å². The van der Waals surface area contributed by atoms with Gasteiger partial charge in [0.1, 0.15) is 5.82 Å². The Morgan fingerprint density at radius 1 is 1.30 bits per heavy atom. The molecular weight excluding hydrogens is 293 g/mol. The SMILES string of the molecule is Nc1ccc(S(=O)CC2CSc3ccccc32)cc1F. The molecule has 1 heterocycles. The molecule has 0 aromatic heterocycles. The van der Waals surface area contributed by atoms with Gasteiger partial charge in [-0.2, -0.15) is 0 Å². The van der Waals surface area contributed by atoms with Gasteiger partial charge in [-0.05, 0) is 29.8 Å². The highest BCUT2D eigenvalue weighted by atomic mass is 32.2. The standard InChI is InChI=1S/C15H14FNOS2/c16-13-7-11(5-6-14(13)17)20(18)9-10-8-19-15-4-2-1-3-12(10)15/h1-7,10H,8-9,17H2. The number of nitrogen functional groups attached to an aromatic ring is 1. The molecule has 0 radical (unpaired) electrons. The molecular formula is C15H14FNOS2. The fraction of sp³-hybridized carbons (Fsp3) is 0.200. The van der Waals surface area contributed by atoms with E-state index < -0.39 is 16.6 Å². The van der Waals surface area contributed by atoms with Gasteiger partial charge < -0.3 is 5.73 Å². The molecule has 2 N–H and O–H groups in total. The molecule has 2 unspecified atom stereocenters. The van der Waals surface area contributed by atoms with Crippen LogP contribution in [-0.2, 0) is 10.8 Å². The van der Waals surface area contributed by atoms with Crippen molar-refractivity contribution < 1.29 is 8.60 Å². The highest BCUT2D eigenvalue weighted by Gasteiger charge is 2.25. The van der Waals surface area contributed by atoms with E-state index in [-0.39, 0.29) is 11.6 Å². The van der Waals surface area contributed by atoms with Crippen LogP contribution in [0.2, 0.25) is 0 Å². The summed E-state index contributed by atoms with van der Waals surface area (Å²) >= 11 is 1.79. The van der Waals surface area contributed by atoms with E-state index in [1.165, 1.54) is 22.6 Å². The molecule has 0 amide bonds. The third-order valence-corrected chi connectivity index (χ3v) is 6.12. The molecule has 3 rings (SSSR count). The normalized spacial score (nSPS) is 18.8. The molecule has 0 aliphatic carbocycles. The molecule has 2 aromatic rings. The third-order valence-electron chi connectivity index (χ3n) is 3.39. The van der Waals surface area contributed by atoms with Gasteiger partial charge in [-0.1, -0.05) is 18.2 Å². The van der Waals surface area contributed by atoms with Crippen LogP contribution in [0.3, 0.4) is 0 Å². The first-order chi connectivity index (χ1) is 9.65. The van der Waals surface area contributed by atoms with Crippen molar-refractivity contribution in [2.75, 3.05) is 17.2 Å². The maximum Gasteiger partial charge on any atom is 0.147 e. The fourth-order valence-electron chi connectivity index (χ4n) is 2.30. The van der Waals surface area contributed by atoms with Gasteiger partial charge in [0.25, 0.3) is 0 Å². The monoisotopic (exact) mass is 307 g/mol. The van der Waals surface area contributed by atoms with Crippen molar-refractivity contribution in [1.82, 2.24) is 0 Å². The summed E-state index contributed by atoms with van der Waals surface area (Å²) in [7, 11) is -1.21. The highest BCUT2D eigenvalue weighted by molar-refractivity contribution is 7.99. The average Bonchev–Trinajstić information content (AvgIpc) is 2.85. The lowest BCUT2D eigenvalue weighted by molar-refractivity contribution is 0.627. The zero-order chi connectivity index (χ0) is 14.1. The largest absolute Gasteiger partial charge is 0.396 e. The quantitative estimate of drug-likeness (QED) is 0.884. The minimum atomic E-state index is -1.21. The van der Waals surface area contributed by atoms with Crippen LogP contribution < -0.4 is 5.73 Å². The molecule has 5 heteroatoms. The van der Waals surface area contributed by atoms with Crippen molar-refractivity contribution in [3.63, 3.8) is 0 Å². The molecule has 0 spiro atoms. The Balaban J connectivity index is 1.79. The summed E-state index contributed by atoms with van der Waals surface area (Å²) in [5.41, 5.74) is 6.78. The Morgan fingerprint density at radius 2 is 2.10 bits per heavy atom. The van der Waals surface area contributed by atoms with Crippen molar-refractivity contribution in [2.45, 2.75) is 15.7 Å². The fourth-order valence-corrected chi connectivity index (χ4v) is 5.01. The number of hydrogen-bond acceptors (Lipinski definition) is 3. The van der Waals surface area contributed by atoms with E-state index in [1.807, 2.05) is 12.1 Å². The molecule has 0 bridgehead atoms. The van der Waals surface area contributed by atoms with Gasteiger partial charge >= 0.3 is 0 Å². The molecule has 2 nitrogen and oxygen atoms in total. The number of thioether (sulfide) groups is 1. The number of anilines is 1. The van der Waals surface area contributed by atoms with E-state index in [9.17, 15) is 8.60 Å². The van der Waals surface area contributed by atoms with Crippen molar-refractivity contribution >= 4 is 28.2 Å². The van der Waals surface area contributed by atoms with E-state index in [4.69, 9.17) is 5.73 Å². The van der Waals surface area contributed by atoms with E-state index >= 15 is 0 Å². The van der Waals surface area contributed by atoms with Crippen LogP contribution in [0.5, 0.6) is 0 Å². The lowest BCUT2D eigenvalue weighted by Crippen LogP contribution is -2.09. The predicted molar refractivity (Wildman–Crippen MR) is 82.0 cm³/mol. The van der Waals surface area contributed by atoms with Gasteiger partial charge in [0, 0.05) is 27.2 Å². The van der Waals surface area contributed by atoms with Crippen LogP contribution in [0.15, 0.2) is 52.3 Å². The number of rotatable bonds is 3. The van der Waals surface area contributed by atoms with E-state index in [0.717, 1.165) is 5.75 Å². The van der Waals surface area contributed by atoms with Crippen LogP contribution in [-0.4, -0.2) is 15.7 Å². The van der Waals surface area contributed by atoms with Gasteiger partial charge in [0.2, 0.25) is 0 Å². The number of hydrogen-bond donors (Lipinski definition) is 1. The Morgan fingerprint density at radius 3 is 2.90 bits per heavy atom. The maximum absolute atomic E-state index is 13.4. The van der Waals surface area contributed by atoms with E-state index in [1.54, 1.807) is 17.8 Å². The Labute approximate surface area is 124 Å². The van der Waals surface area contributed by atoms with Crippen LogP contribution >= 0.6 is 11.8 Å². The minimum absolute atomic E-state index is 0.0903. The van der Waals surface area contributed by atoms with Crippen molar-refractivity contribution in [3.8, 4) is 0 Å². The second-order valence-electron chi connectivity index (χ2n) is 4.74. The first-order valence-electron chi connectivity index (χ1n) is 6.30. The molecule has 1 aliphatic rings. The lowest BCUT2D eigenvalue weighted by Gasteiger charge is -2.10. The van der Waals surface area contributed by atoms with Crippen molar-refractivity contribution in [1.29, 1.82) is 0 Å². The summed E-state index contributed by atoms with van der Waals surface area (Å²) in [6.07, 6.45) is 0. The van der Waals surface area contributed by atoms with Crippen LogP contribution in [0.1, 0.15) is 11.5 Å². The lowest BCUT2D eigenvalue weighted by atomic mass is 10.0.